The first kappa shape index (κ1) is 13.7. The normalized spacial score (nSPS) is 21.1. The molecule has 104 valence electrons. The van der Waals surface area contributed by atoms with Crippen molar-refractivity contribution in [2.24, 2.45) is 5.73 Å². The molecule has 2 aromatic rings. The second-order valence-electron chi connectivity index (χ2n) is 5.23. The summed E-state index contributed by atoms with van der Waals surface area (Å²) < 4.78 is 7.16. The number of benzene rings is 2. The van der Waals surface area contributed by atoms with Gasteiger partial charge < -0.3 is 10.5 Å². The molecule has 0 saturated heterocycles. The second-order valence-corrected chi connectivity index (χ2v) is 6.14. The van der Waals surface area contributed by atoms with Gasteiger partial charge in [-0.05, 0) is 35.7 Å². The predicted molar refractivity (Wildman–Crippen MR) is 84.9 cm³/mol. The average Bonchev–Trinajstić information content (AvgIpc) is 2.48. The topological polar surface area (TPSA) is 35.2 Å². The summed E-state index contributed by atoms with van der Waals surface area (Å²) in [5.41, 5.74) is 9.93. The van der Waals surface area contributed by atoms with Crippen molar-refractivity contribution in [1.82, 2.24) is 0 Å². The lowest BCUT2D eigenvalue weighted by molar-refractivity contribution is 0.161. The van der Waals surface area contributed by atoms with Crippen LogP contribution in [0.2, 0.25) is 0 Å². The van der Waals surface area contributed by atoms with Crippen LogP contribution in [0.1, 0.15) is 42.2 Å². The van der Waals surface area contributed by atoms with Crippen LogP contribution in [0.5, 0.6) is 5.75 Å². The van der Waals surface area contributed by atoms with E-state index in [1.54, 1.807) is 0 Å². The molecule has 1 aliphatic rings. The molecule has 1 aliphatic heterocycles. The summed E-state index contributed by atoms with van der Waals surface area (Å²) in [6, 6.07) is 14.7. The molecular formula is C17H18BrNO. The fourth-order valence-electron chi connectivity index (χ4n) is 2.65. The van der Waals surface area contributed by atoms with E-state index in [0.29, 0.717) is 0 Å². The highest BCUT2D eigenvalue weighted by Gasteiger charge is 2.27. The fourth-order valence-corrected chi connectivity index (χ4v) is 3.03. The number of rotatable bonds is 2. The van der Waals surface area contributed by atoms with E-state index in [9.17, 15) is 0 Å². The van der Waals surface area contributed by atoms with Gasteiger partial charge in [0, 0.05) is 22.5 Å². The lowest BCUT2D eigenvalue weighted by atomic mass is 9.93. The van der Waals surface area contributed by atoms with E-state index >= 15 is 0 Å². The maximum absolute atomic E-state index is 6.30. The Morgan fingerprint density at radius 2 is 1.95 bits per heavy atom. The van der Waals surface area contributed by atoms with Crippen LogP contribution < -0.4 is 10.5 Å². The third kappa shape index (κ3) is 2.60. The van der Waals surface area contributed by atoms with Crippen molar-refractivity contribution in [2.75, 3.05) is 0 Å². The van der Waals surface area contributed by atoms with Gasteiger partial charge in [0.05, 0.1) is 0 Å². The van der Waals surface area contributed by atoms with Crippen molar-refractivity contribution in [2.45, 2.75) is 31.9 Å². The number of fused-ring (bicyclic) bond motifs is 1. The molecule has 0 bridgehead atoms. The zero-order valence-corrected chi connectivity index (χ0v) is 13.1. The van der Waals surface area contributed by atoms with Crippen molar-refractivity contribution < 1.29 is 4.74 Å². The Kier molecular flexibility index (Phi) is 3.81. The lowest BCUT2D eigenvalue weighted by Gasteiger charge is -2.30. The fraction of sp³-hybridized carbons (Fsp3) is 0.294. The van der Waals surface area contributed by atoms with E-state index in [1.165, 1.54) is 11.1 Å². The van der Waals surface area contributed by atoms with Gasteiger partial charge in [0.15, 0.2) is 0 Å². The minimum atomic E-state index is 0.0205. The Balaban J connectivity index is 1.88. The molecule has 2 nitrogen and oxygen atoms in total. The van der Waals surface area contributed by atoms with E-state index in [-0.39, 0.29) is 12.1 Å². The van der Waals surface area contributed by atoms with Gasteiger partial charge in [-0.15, -0.1) is 0 Å². The smallest absolute Gasteiger partial charge is 0.126 e. The van der Waals surface area contributed by atoms with Crippen LogP contribution in [0.15, 0.2) is 46.9 Å². The highest BCUT2D eigenvalue weighted by Crippen LogP contribution is 2.40. The van der Waals surface area contributed by atoms with Crippen LogP contribution in [0, 0.1) is 0 Å². The van der Waals surface area contributed by atoms with Gasteiger partial charge in [0.2, 0.25) is 0 Å². The van der Waals surface area contributed by atoms with E-state index in [0.717, 1.165) is 28.6 Å². The maximum atomic E-state index is 6.30. The molecule has 0 aliphatic carbocycles. The molecule has 2 atom stereocenters. The van der Waals surface area contributed by atoms with Crippen LogP contribution in [0.4, 0.5) is 0 Å². The van der Waals surface area contributed by atoms with Crippen molar-refractivity contribution >= 4 is 15.9 Å². The molecule has 0 fully saturated rings. The van der Waals surface area contributed by atoms with Gasteiger partial charge >= 0.3 is 0 Å². The Bertz CT molecular complexity index is 609. The minimum absolute atomic E-state index is 0.0205. The SMILES string of the molecule is CCc1ccc(C2C[C@H](N)c3cc(Br)ccc3O2)cc1. The molecular weight excluding hydrogens is 314 g/mol. The van der Waals surface area contributed by atoms with Gasteiger partial charge in [0.1, 0.15) is 11.9 Å². The number of aryl methyl sites for hydroxylation is 1. The first-order valence-corrected chi connectivity index (χ1v) is 7.77. The summed E-state index contributed by atoms with van der Waals surface area (Å²) in [5.74, 6) is 0.900. The molecule has 2 N–H and O–H groups in total. The maximum Gasteiger partial charge on any atom is 0.126 e. The predicted octanol–water partition coefficient (Wildman–Crippen LogP) is 4.54. The number of hydrogen-bond donors (Lipinski definition) is 1. The minimum Gasteiger partial charge on any atom is -0.485 e. The molecule has 0 spiro atoms. The molecule has 0 radical (unpaired) electrons. The van der Waals surface area contributed by atoms with Crippen LogP contribution in [-0.2, 0) is 6.42 Å². The first-order chi connectivity index (χ1) is 9.67. The summed E-state index contributed by atoms with van der Waals surface area (Å²) in [6.45, 7) is 2.16. The molecule has 3 rings (SSSR count). The zero-order chi connectivity index (χ0) is 14.1. The number of hydrogen-bond acceptors (Lipinski definition) is 2. The number of halogens is 1. The van der Waals surface area contributed by atoms with Gasteiger partial charge in [-0.1, -0.05) is 47.1 Å². The quantitative estimate of drug-likeness (QED) is 0.877. The summed E-state index contributed by atoms with van der Waals surface area (Å²) in [6.07, 6.45) is 1.92. The second kappa shape index (κ2) is 5.58. The van der Waals surface area contributed by atoms with E-state index in [1.807, 2.05) is 12.1 Å². The molecule has 1 heterocycles. The summed E-state index contributed by atoms with van der Waals surface area (Å²) in [7, 11) is 0. The highest BCUT2D eigenvalue weighted by atomic mass is 79.9. The first-order valence-electron chi connectivity index (χ1n) is 6.98. The van der Waals surface area contributed by atoms with Gasteiger partial charge in [-0.2, -0.15) is 0 Å². The zero-order valence-electron chi connectivity index (χ0n) is 11.5. The average molecular weight is 332 g/mol. The van der Waals surface area contributed by atoms with Gasteiger partial charge in [0.25, 0.3) is 0 Å². The molecule has 20 heavy (non-hydrogen) atoms. The number of nitrogens with two attached hydrogens (primary N) is 1. The van der Waals surface area contributed by atoms with E-state index in [2.05, 4.69) is 53.2 Å². The Hall–Kier alpha value is -1.32. The summed E-state index contributed by atoms with van der Waals surface area (Å²) >= 11 is 3.48. The molecule has 0 saturated carbocycles. The van der Waals surface area contributed by atoms with Crippen molar-refractivity contribution in [3.63, 3.8) is 0 Å². The molecule has 2 aromatic carbocycles. The molecule has 0 amide bonds. The summed E-state index contributed by atoms with van der Waals surface area (Å²) in [4.78, 5) is 0. The van der Waals surface area contributed by atoms with E-state index < -0.39 is 0 Å². The van der Waals surface area contributed by atoms with Crippen molar-refractivity contribution in [3.05, 3.63) is 63.6 Å². The van der Waals surface area contributed by atoms with Gasteiger partial charge in [-0.25, -0.2) is 0 Å². The highest BCUT2D eigenvalue weighted by molar-refractivity contribution is 9.10. The third-order valence-corrected chi connectivity index (χ3v) is 4.36. The van der Waals surface area contributed by atoms with Crippen molar-refractivity contribution in [1.29, 1.82) is 0 Å². The largest absolute Gasteiger partial charge is 0.485 e. The Morgan fingerprint density at radius 1 is 1.20 bits per heavy atom. The molecule has 0 aromatic heterocycles. The molecule has 1 unspecified atom stereocenters. The monoisotopic (exact) mass is 331 g/mol. The Morgan fingerprint density at radius 3 is 2.65 bits per heavy atom. The van der Waals surface area contributed by atoms with Crippen molar-refractivity contribution in [3.8, 4) is 5.75 Å². The van der Waals surface area contributed by atoms with Crippen LogP contribution in [-0.4, -0.2) is 0 Å². The summed E-state index contributed by atoms with van der Waals surface area (Å²) in [5, 5.41) is 0. The molecule has 3 heteroatoms. The van der Waals surface area contributed by atoms with Crippen LogP contribution in [0.3, 0.4) is 0 Å². The van der Waals surface area contributed by atoms with Crippen LogP contribution in [0.25, 0.3) is 0 Å². The Labute approximate surface area is 128 Å². The lowest BCUT2D eigenvalue weighted by Crippen LogP contribution is -2.24. The van der Waals surface area contributed by atoms with E-state index in [4.69, 9.17) is 10.5 Å². The van der Waals surface area contributed by atoms with Gasteiger partial charge in [-0.3, -0.25) is 0 Å². The van der Waals surface area contributed by atoms with Crippen LogP contribution >= 0.6 is 15.9 Å². The standard InChI is InChI=1S/C17H18BrNO/c1-2-11-3-5-12(6-4-11)17-10-15(19)14-9-13(18)7-8-16(14)20-17/h3-9,15,17H,2,10,19H2,1H3/t15-,17?/m0/s1. The number of ether oxygens (including phenoxy) is 1. The third-order valence-electron chi connectivity index (χ3n) is 3.87.